The number of hydrogen-bond acceptors (Lipinski definition) is 8. The molecular weight excluding hydrogens is 440 g/mol. The Balaban J connectivity index is 1.87. The van der Waals surface area contributed by atoms with E-state index in [0.29, 0.717) is 11.1 Å². The van der Waals surface area contributed by atoms with Crippen LogP contribution >= 0.6 is 0 Å². The van der Waals surface area contributed by atoms with Gasteiger partial charge in [0.25, 0.3) is 0 Å². The van der Waals surface area contributed by atoms with Crippen LogP contribution in [0.1, 0.15) is 48.7 Å². The van der Waals surface area contributed by atoms with E-state index in [2.05, 4.69) is 0 Å². The molecule has 4 N–H and O–H groups in total. The minimum atomic E-state index is -2.70. The summed E-state index contributed by atoms with van der Waals surface area (Å²) in [6.45, 7) is 5.64. The molecule has 34 heavy (non-hydrogen) atoms. The molecule has 3 aliphatic rings. The van der Waals surface area contributed by atoms with Gasteiger partial charge in [0.2, 0.25) is 5.91 Å². The molecule has 1 amide bonds. The molecule has 4 unspecified atom stereocenters. The third-order valence-corrected chi connectivity index (χ3v) is 7.74. The molecule has 0 bridgehead atoms. The first-order valence-corrected chi connectivity index (χ1v) is 11.3. The minimum Gasteiger partial charge on any atom is -0.507 e. The second-order valence-corrected chi connectivity index (χ2v) is 11.0. The number of Topliss-reactive ketones (excluding diaryl/α,β-unsaturated/α-hetero) is 4. The van der Waals surface area contributed by atoms with Gasteiger partial charge in [-0.3, -0.25) is 28.9 Å². The minimum absolute atomic E-state index is 0.0269. The van der Waals surface area contributed by atoms with E-state index < -0.39 is 69.8 Å². The Morgan fingerprint density at radius 2 is 1.74 bits per heavy atom. The number of hydrogen-bond donors (Lipinski definition) is 3. The highest BCUT2D eigenvalue weighted by molar-refractivity contribution is 6.32. The van der Waals surface area contributed by atoms with E-state index in [9.17, 15) is 34.2 Å². The number of primary amides is 1. The molecule has 1 aromatic rings. The van der Waals surface area contributed by atoms with Crippen LogP contribution in [0.3, 0.4) is 0 Å². The van der Waals surface area contributed by atoms with Gasteiger partial charge in [0.15, 0.2) is 34.7 Å². The average Bonchev–Trinajstić information content (AvgIpc) is 2.69. The van der Waals surface area contributed by atoms with Gasteiger partial charge in [-0.2, -0.15) is 0 Å². The van der Waals surface area contributed by atoms with E-state index >= 15 is 0 Å². The van der Waals surface area contributed by atoms with Gasteiger partial charge in [-0.05, 0) is 49.4 Å². The van der Waals surface area contributed by atoms with Crippen LogP contribution in [-0.2, 0) is 31.0 Å². The second-order valence-electron chi connectivity index (χ2n) is 11.0. The van der Waals surface area contributed by atoms with Gasteiger partial charge in [-0.15, -0.1) is 0 Å². The normalized spacial score (nSPS) is 33.4. The number of amides is 1. The van der Waals surface area contributed by atoms with Crippen molar-refractivity contribution in [1.29, 1.82) is 0 Å². The van der Waals surface area contributed by atoms with Crippen molar-refractivity contribution in [1.82, 2.24) is 4.90 Å². The van der Waals surface area contributed by atoms with E-state index in [1.54, 1.807) is 26.2 Å². The van der Waals surface area contributed by atoms with Crippen molar-refractivity contribution in [2.75, 3.05) is 14.1 Å². The molecule has 182 valence electrons. The smallest absolute Gasteiger partial charge is 0.235 e. The Morgan fingerprint density at radius 1 is 1.12 bits per heavy atom. The summed E-state index contributed by atoms with van der Waals surface area (Å²) in [6, 6.07) is 2.42. The number of phenols is 1. The lowest BCUT2D eigenvalue weighted by atomic mass is 9.52. The highest BCUT2D eigenvalue weighted by Crippen LogP contribution is 2.51. The Morgan fingerprint density at radius 3 is 2.26 bits per heavy atom. The van der Waals surface area contributed by atoms with Crippen molar-refractivity contribution in [3.63, 3.8) is 0 Å². The zero-order chi connectivity index (χ0) is 25.5. The molecule has 9 heteroatoms. The van der Waals surface area contributed by atoms with Crippen molar-refractivity contribution in [2.45, 2.75) is 50.7 Å². The van der Waals surface area contributed by atoms with Crippen molar-refractivity contribution in [2.24, 2.45) is 29.4 Å². The number of carbonyl (C=O) groups is 5. The summed E-state index contributed by atoms with van der Waals surface area (Å²) in [4.78, 5) is 67.0. The molecule has 1 aromatic carbocycles. The van der Waals surface area contributed by atoms with E-state index in [1.807, 2.05) is 20.8 Å². The highest BCUT2D eigenvalue weighted by Gasteiger charge is 2.69. The third kappa shape index (κ3) is 3.10. The predicted octanol–water partition coefficient (Wildman–Crippen LogP) is 0.165. The molecule has 9 nitrogen and oxygen atoms in total. The maximum Gasteiger partial charge on any atom is 0.235 e. The number of aliphatic hydroxyl groups is 1. The summed E-state index contributed by atoms with van der Waals surface area (Å²) in [5, 5.41) is 22.5. The number of fused-ring (bicyclic) bond motifs is 3. The number of rotatable bonds is 2. The molecule has 6 atom stereocenters. The van der Waals surface area contributed by atoms with Gasteiger partial charge in [0.1, 0.15) is 5.75 Å². The molecule has 0 heterocycles. The van der Waals surface area contributed by atoms with Crippen molar-refractivity contribution in [3.8, 4) is 5.75 Å². The number of carbonyl (C=O) groups excluding carboxylic acids is 5. The van der Waals surface area contributed by atoms with Crippen molar-refractivity contribution < 1.29 is 34.2 Å². The van der Waals surface area contributed by atoms with Crippen LogP contribution in [0.15, 0.2) is 12.1 Å². The van der Waals surface area contributed by atoms with Gasteiger partial charge in [0.05, 0.1) is 17.5 Å². The third-order valence-electron chi connectivity index (χ3n) is 7.74. The predicted molar refractivity (Wildman–Crippen MR) is 120 cm³/mol. The number of phenolic OH excluding ortho intramolecular Hbond substituents is 1. The number of aromatic hydroxyl groups is 1. The number of benzene rings is 1. The highest BCUT2D eigenvalue weighted by atomic mass is 16.3. The quantitative estimate of drug-likeness (QED) is 0.517. The van der Waals surface area contributed by atoms with Crippen LogP contribution in [-0.4, -0.2) is 69.9 Å². The Labute approximate surface area is 197 Å². The largest absolute Gasteiger partial charge is 0.507 e. The van der Waals surface area contributed by atoms with E-state index in [-0.39, 0.29) is 24.2 Å². The average molecular weight is 471 g/mol. The topological polar surface area (TPSA) is 155 Å². The summed E-state index contributed by atoms with van der Waals surface area (Å²) in [5.74, 6) is -10.2. The van der Waals surface area contributed by atoms with Crippen LogP contribution < -0.4 is 5.73 Å². The lowest BCUT2D eigenvalue weighted by Gasteiger charge is -2.52. The summed E-state index contributed by atoms with van der Waals surface area (Å²) in [5.41, 5.74) is 3.30. The lowest BCUT2D eigenvalue weighted by Crippen LogP contribution is -2.74. The summed E-state index contributed by atoms with van der Waals surface area (Å²) in [6.07, 6.45) is 0.315. The maximum absolute atomic E-state index is 13.7. The summed E-state index contributed by atoms with van der Waals surface area (Å²) >= 11 is 0. The number of likely N-dealkylation sites (N-methyl/N-ethyl adjacent to an activating group) is 1. The van der Waals surface area contributed by atoms with Gasteiger partial charge in [0, 0.05) is 5.92 Å². The lowest BCUT2D eigenvalue weighted by molar-refractivity contribution is -0.181. The Kier molecular flexibility index (Phi) is 5.38. The van der Waals surface area contributed by atoms with E-state index in [0.717, 1.165) is 0 Å². The van der Waals surface area contributed by atoms with Crippen LogP contribution in [0.25, 0.3) is 0 Å². The van der Waals surface area contributed by atoms with Crippen molar-refractivity contribution in [3.05, 3.63) is 28.8 Å². The molecule has 3 aliphatic carbocycles. The van der Waals surface area contributed by atoms with E-state index in [4.69, 9.17) is 5.73 Å². The molecule has 0 aromatic heterocycles. The molecule has 4 rings (SSSR count). The maximum atomic E-state index is 13.7. The fourth-order valence-electron chi connectivity index (χ4n) is 6.19. The number of nitrogens with zero attached hydrogens (tertiary/aromatic N) is 1. The number of ketones is 4. The Bertz CT molecular complexity index is 1150. The number of nitrogens with two attached hydrogens (primary N) is 1. The first kappa shape index (κ1) is 24.2. The van der Waals surface area contributed by atoms with Crippen LogP contribution in [0.4, 0.5) is 0 Å². The first-order valence-electron chi connectivity index (χ1n) is 11.3. The fourth-order valence-corrected chi connectivity index (χ4v) is 6.19. The summed E-state index contributed by atoms with van der Waals surface area (Å²) < 4.78 is 0. The van der Waals surface area contributed by atoms with Crippen LogP contribution in [0.2, 0.25) is 0 Å². The zero-order valence-electron chi connectivity index (χ0n) is 19.9. The van der Waals surface area contributed by atoms with Crippen LogP contribution in [0, 0.1) is 23.7 Å². The SMILES string of the molecule is CN(C)[C@@H]1C(=O)C(C(N)=O)C(=O)[C@@]2(O)C(=O)C3C(=O)c4c(ccc(C(C)(C)C)c4O)CC3CC12. The second kappa shape index (κ2) is 7.55. The van der Waals surface area contributed by atoms with Gasteiger partial charge >= 0.3 is 0 Å². The van der Waals surface area contributed by atoms with Gasteiger partial charge < -0.3 is 15.9 Å². The fraction of sp³-hybridized carbons (Fsp3) is 0.560. The summed E-state index contributed by atoms with van der Waals surface area (Å²) in [7, 11) is 3.11. The van der Waals surface area contributed by atoms with Gasteiger partial charge in [-0.25, -0.2) is 0 Å². The molecular formula is C25H30N2O7. The molecule has 2 fully saturated rings. The zero-order valence-corrected chi connectivity index (χ0v) is 19.9. The first-order chi connectivity index (χ1) is 15.6. The molecule has 0 radical (unpaired) electrons. The standard InChI is InChI=1S/C25H30N2O7/c1-24(2,3)12-7-6-10-8-11-9-13-17(27(4)5)20(30)16(23(26)33)22(32)25(13,34)21(31)15(11)19(29)14(10)18(12)28/h6-7,11,13,15-17,28,34H,8-9H2,1-5H3,(H2,26,33)/t11?,13?,15?,16?,17-,25-/m0/s1. The molecule has 0 saturated heterocycles. The molecule has 0 spiro atoms. The molecule has 0 aliphatic heterocycles. The van der Waals surface area contributed by atoms with E-state index in [1.165, 1.54) is 4.90 Å². The molecule has 2 saturated carbocycles. The van der Waals surface area contributed by atoms with Crippen molar-refractivity contribution >= 4 is 29.0 Å². The van der Waals surface area contributed by atoms with Crippen LogP contribution in [0.5, 0.6) is 5.75 Å². The Hall–Kier alpha value is -2.91. The van der Waals surface area contributed by atoms with Gasteiger partial charge in [-0.1, -0.05) is 32.9 Å². The monoisotopic (exact) mass is 470 g/mol.